The third-order valence-electron chi connectivity index (χ3n) is 5.92. The summed E-state index contributed by atoms with van der Waals surface area (Å²) in [5, 5.41) is 9.39. The van der Waals surface area contributed by atoms with Crippen LogP contribution >= 0.6 is 11.3 Å². The number of halogens is 1. The van der Waals surface area contributed by atoms with Gasteiger partial charge in [0.15, 0.2) is 4.80 Å². The maximum absolute atomic E-state index is 13.7. The lowest BCUT2D eigenvalue weighted by molar-refractivity contribution is -0.139. The van der Waals surface area contributed by atoms with Gasteiger partial charge in [0.25, 0.3) is 5.56 Å². The second-order valence-corrected chi connectivity index (χ2v) is 9.22. The van der Waals surface area contributed by atoms with E-state index in [0.717, 1.165) is 11.3 Å². The Balaban J connectivity index is 1.64. The number of carbonyl (C=O) groups is 1. The molecule has 0 N–H and O–H groups in total. The average Bonchev–Trinajstić information content (AvgIpc) is 3.48. The van der Waals surface area contributed by atoms with Crippen LogP contribution < -0.4 is 14.9 Å². The van der Waals surface area contributed by atoms with E-state index in [9.17, 15) is 19.2 Å². The third kappa shape index (κ3) is 4.43. The van der Waals surface area contributed by atoms with Gasteiger partial charge in [0.2, 0.25) is 0 Å². The highest BCUT2D eigenvalue weighted by Gasteiger charge is 2.33. The molecule has 0 saturated carbocycles. The lowest BCUT2D eigenvalue weighted by Gasteiger charge is -2.24. The van der Waals surface area contributed by atoms with Crippen molar-refractivity contribution in [2.75, 3.05) is 6.61 Å². The van der Waals surface area contributed by atoms with E-state index in [4.69, 9.17) is 9.15 Å². The highest BCUT2D eigenvalue weighted by Crippen LogP contribution is 2.31. The number of hydrogen-bond acceptors (Lipinski definition) is 7. The first-order chi connectivity index (χ1) is 17.9. The topological polar surface area (TPSA) is 97.6 Å². The molecule has 1 aliphatic rings. The van der Waals surface area contributed by atoms with Crippen LogP contribution in [-0.4, -0.2) is 17.1 Å². The third-order valence-corrected chi connectivity index (χ3v) is 6.90. The number of aromatic nitrogens is 1. The Morgan fingerprint density at radius 1 is 1.22 bits per heavy atom. The monoisotopic (exact) mass is 513 g/mol. The fraction of sp³-hybridized carbons (Fsp3) is 0.143. The number of esters is 1. The van der Waals surface area contributed by atoms with Crippen molar-refractivity contribution >= 4 is 23.4 Å². The van der Waals surface area contributed by atoms with Gasteiger partial charge in [0, 0.05) is 11.6 Å². The zero-order valence-electron chi connectivity index (χ0n) is 19.9. The smallest absolute Gasteiger partial charge is 0.338 e. The van der Waals surface area contributed by atoms with E-state index in [2.05, 4.69) is 11.1 Å². The number of allylic oxidation sites excluding steroid dienone is 1. The molecule has 9 heteroatoms. The lowest BCUT2D eigenvalue weighted by atomic mass is 9.96. The summed E-state index contributed by atoms with van der Waals surface area (Å²) in [6.45, 7) is 3.54. The first kappa shape index (κ1) is 24.2. The SMILES string of the molecule is CCOC(=O)C1=C(C)N=c2s/c(=C\c3ccc(-c4ccccc4C#N)o3)c(=O)n2[C@H]1c1ccc(F)cc1. The van der Waals surface area contributed by atoms with Crippen molar-refractivity contribution in [3.63, 3.8) is 0 Å². The molecule has 0 fully saturated rings. The van der Waals surface area contributed by atoms with Crippen molar-refractivity contribution in [1.29, 1.82) is 5.26 Å². The Morgan fingerprint density at radius 3 is 2.70 bits per heavy atom. The summed E-state index contributed by atoms with van der Waals surface area (Å²) in [5.74, 6) is -0.0891. The van der Waals surface area contributed by atoms with Gasteiger partial charge in [-0.2, -0.15) is 5.26 Å². The van der Waals surface area contributed by atoms with Gasteiger partial charge >= 0.3 is 5.97 Å². The molecule has 7 nitrogen and oxygen atoms in total. The molecule has 2 aromatic heterocycles. The van der Waals surface area contributed by atoms with Crippen LogP contribution in [0.5, 0.6) is 0 Å². The summed E-state index contributed by atoms with van der Waals surface area (Å²) in [6, 6.07) is 17.5. The minimum Gasteiger partial charge on any atom is -0.463 e. The summed E-state index contributed by atoms with van der Waals surface area (Å²) in [6.07, 6.45) is 1.60. The predicted molar refractivity (Wildman–Crippen MR) is 136 cm³/mol. The zero-order valence-corrected chi connectivity index (χ0v) is 20.7. The van der Waals surface area contributed by atoms with Gasteiger partial charge in [0.1, 0.15) is 17.3 Å². The minimum absolute atomic E-state index is 0.159. The number of fused-ring (bicyclic) bond motifs is 1. The predicted octanol–water partition coefficient (Wildman–Crippen LogP) is 4.07. The van der Waals surface area contributed by atoms with Crippen molar-refractivity contribution in [1.82, 2.24) is 4.57 Å². The number of carbonyl (C=O) groups excluding carboxylic acids is 1. The Kier molecular flexibility index (Phi) is 6.42. The summed E-state index contributed by atoms with van der Waals surface area (Å²) < 4.78 is 26.6. The number of nitrogens with zero attached hydrogens (tertiary/aromatic N) is 3. The lowest BCUT2D eigenvalue weighted by Crippen LogP contribution is -2.39. The summed E-state index contributed by atoms with van der Waals surface area (Å²) in [5.41, 5.74) is 1.96. The summed E-state index contributed by atoms with van der Waals surface area (Å²) >= 11 is 1.16. The molecule has 1 aliphatic heterocycles. The molecule has 37 heavy (non-hydrogen) atoms. The molecule has 0 unspecified atom stereocenters. The fourth-order valence-corrected chi connectivity index (χ4v) is 5.28. The Labute approximate surface area is 214 Å². The Morgan fingerprint density at radius 2 is 1.97 bits per heavy atom. The maximum atomic E-state index is 13.7. The number of benzene rings is 2. The molecule has 1 atom stereocenters. The summed E-state index contributed by atoms with van der Waals surface area (Å²) in [7, 11) is 0. The molecule has 3 heterocycles. The van der Waals surface area contributed by atoms with Crippen LogP contribution in [0.1, 0.15) is 36.8 Å². The van der Waals surface area contributed by atoms with Crippen molar-refractivity contribution < 1.29 is 18.3 Å². The van der Waals surface area contributed by atoms with Gasteiger partial charge in [0.05, 0.1) is 40.1 Å². The van der Waals surface area contributed by atoms with Crippen LogP contribution in [0.15, 0.2) is 86.1 Å². The van der Waals surface area contributed by atoms with E-state index in [1.807, 2.05) is 6.07 Å². The molecule has 2 aromatic carbocycles. The Bertz CT molecular complexity index is 1770. The average molecular weight is 514 g/mol. The van der Waals surface area contributed by atoms with Crippen LogP contribution in [0.2, 0.25) is 0 Å². The van der Waals surface area contributed by atoms with Crippen LogP contribution in [0.3, 0.4) is 0 Å². The van der Waals surface area contributed by atoms with Crippen molar-refractivity contribution in [3.05, 3.63) is 114 Å². The van der Waals surface area contributed by atoms with Crippen LogP contribution in [0, 0.1) is 17.1 Å². The van der Waals surface area contributed by atoms with Gasteiger partial charge in [-0.1, -0.05) is 35.6 Å². The molecular formula is C28H20FN3O4S. The van der Waals surface area contributed by atoms with Crippen molar-refractivity contribution in [3.8, 4) is 17.4 Å². The number of furan rings is 1. The van der Waals surface area contributed by atoms with E-state index in [0.29, 0.717) is 43.2 Å². The molecule has 0 saturated heterocycles. The largest absolute Gasteiger partial charge is 0.463 e. The molecule has 4 aromatic rings. The highest BCUT2D eigenvalue weighted by molar-refractivity contribution is 7.07. The molecular weight excluding hydrogens is 493 g/mol. The molecule has 0 amide bonds. The fourth-order valence-electron chi connectivity index (χ4n) is 4.25. The number of ether oxygens (including phenoxy) is 1. The van der Waals surface area contributed by atoms with Crippen LogP contribution in [0.4, 0.5) is 4.39 Å². The van der Waals surface area contributed by atoms with E-state index < -0.39 is 17.8 Å². The molecule has 0 aliphatic carbocycles. The number of rotatable bonds is 5. The van der Waals surface area contributed by atoms with E-state index in [1.54, 1.807) is 62.4 Å². The van der Waals surface area contributed by atoms with Crippen molar-refractivity contribution in [2.45, 2.75) is 19.9 Å². The zero-order chi connectivity index (χ0) is 26.1. The van der Waals surface area contributed by atoms with E-state index in [1.165, 1.54) is 16.7 Å². The first-order valence-electron chi connectivity index (χ1n) is 11.5. The maximum Gasteiger partial charge on any atom is 0.338 e. The number of nitriles is 1. The first-order valence-corrected chi connectivity index (χ1v) is 12.3. The molecule has 5 rings (SSSR count). The van der Waals surface area contributed by atoms with Crippen molar-refractivity contribution in [2.24, 2.45) is 4.99 Å². The molecule has 0 spiro atoms. The highest BCUT2D eigenvalue weighted by atomic mass is 32.1. The summed E-state index contributed by atoms with van der Waals surface area (Å²) in [4.78, 5) is 31.4. The normalized spacial score (nSPS) is 15.2. The van der Waals surface area contributed by atoms with Gasteiger partial charge in [-0.25, -0.2) is 14.2 Å². The van der Waals surface area contributed by atoms with Gasteiger partial charge < -0.3 is 9.15 Å². The van der Waals surface area contributed by atoms with E-state index in [-0.39, 0.29) is 17.7 Å². The van der Waals surface area contributed by atoms with Gasteiger partial charge in [-0.05, 0) is 55.8 Å². The second kappa shape index (κ2) is 9.84. The quantitative estimate of drug-likeness (QED) is 0.375. The number of hydrogen-bond donors (Lipinski definition) is 0. The number of thiazole rings is 1. The molecule has 184 valence electrons. The van der Waals surface area contributed by atoms with Gasteiger partial charge in [-0.3, -0.25) is 9.36 Å². The van der Waals surface area contributed by atoms with Crippen LogP contribution in [0.25, 0.3) is 17.4 Å². The standard InChI is InChI=1S/C28H20FN3O4S/c1-3-35-27(34)24-16(2)31-28-32(25(24)17-8-10-19(29)11-9-17)26(33)23(37-28)14-20-12-13-22(36-20)21-7-5-4-6-18(21)15-30/h4-14,25H,3H2,1-2H3/b23-14-/t25-/m0/s1. The minimum atomic E-state index is -0.826. The molecule has 0 radical (unpaired) electrons. The van der Waals surface area contributed by atoms with Crippen LogP contribution in [-0.2, 0) is 9.53 Å². The molecule has 0 bridgehead atoms. The van der Waals surface area contributed by atoms with E-state index >= 15 is 0 Å². The van der Waals surface area contributed by atoms with Gasteiger partial charge in [-0.15, -0.1) is 0 Å². The second-order valence-electron chi connectivity index (χ2n) is 8.21. The Hall–Kier alpha value is -4.55.